The molecule has 0 bridgehead atoms. The highest BCUT2D eigenvalue weighted by atomic mass is 16.5. The third-order valence-electron chi connectivity index (χ3n) is 3.16. The summed E-state index contributed by atoms with van der Waals surface area (Å²) in [4.78, 5) is 16.5. The number of likely N-dealkylation sites (N-methyl/N-ethyl adjacent to an activating group) is 1. The first-order chi connectivity index (χ1) is 8.79. The van der Waals surface area contributed by atoms with Crippen molar-refractivity contribution in [3.8, 4) is 0 Å². The maximum absolute atomic E-state index is 12.4. The largest absolute Gasteiger partial charge is 0.381 e. The van der Waals surface area contributed by atoms with Crippen LogP contribution in [-0.4, -0.2) is 67.8 Å². The summed E-state index contributed by atoms with van der Waals surface area (Å²) in [7, 11) is 4.06. The van der Waals surface area contributed by atoms with Gasteiger partial charge in [0.15, 0.2) is 0 Å². The van der Waals surface area contributed by atoms with Gasteiger partial charge in [-0.25, -0.2) is 4.79 Å². The van der Waals surface area contributed by atoms with Gasteiger partial charge in [0.25, 0.3) is 0 Å². The average Bonchev–Trinajstić information content (AvgIpc) is 2.27. The van der Waals surface area contributed by atoms with Crippen LogP contribution in [0.3, 0.4) is 0 Å². The van der Waals surface area contributed by atoms with Gasteiger partial charge in [0.1, 0.15) is 0 Å². The number of carbonyl (C=O) groups is 1. The Hall–Kier alpha value is -0.810. The van der Waals surface area contributed by atoms with Gasteiger partial charge in [0.2, 0.25) is 0 Å². The van der Waals surface area contributed by atoms with Crippen LogP contribution in [0.2, 0.25) is 0 Å². The number of nitrogens with zero attached hydrogens (tertiary/aromatic N) is 2. The van der Waals surface area contributed by atoms with Crippen LogP contribution in [0, 0.1) is 0 Å². The predicted octanol–water partition coefficient (Wildman–Crippen LogP) is 1.54. The lowest BCUT2D eigenvalue weighted by molar-refractivity contribution is 0.0433. The number of amides is 2. The smallest absolute Gasteiger partial charge is 0.318 e. The molecule has 0 spiro atoms. The molecule has 0 aromatic heterocycles. The van der Waals surface area contributed by atoms with Gasteiger partial charge >= 0.3 is 6.03 Å². The van der Waals surface area contributed by atoms with Crippen molar-refractivity contribution < 1.29 is 9.53 Å². The minimum absolute atomic E-state index is 0.0428. The van der Waals surface area contributed by atoms with E-state index in [-0.39, 0.29) is 11.6 Å². The highest BCUT2D eigenvalue weighted by Gasteiger charge is 2.27. The zero-order chi connectivity index (χ0) is 14.5. The number of carbonyl (C=O) groups excluding carboxylic acids is 1. The lowest BCUT2D eigenvalue weighted by atomic mass is 10.1. The van der Waals surface area contributed by atoms with Crippen LogP contribution in [-0.2, 0) is 4.74 Å². The Morgan fingerprint density at radius 3 is 2.26 bits per heavy atom. The molecule has 5 nitrogen and oxygen atoms in total. The number of rotatable bonds is 4. The summed E-state index contributed by atoms with van der Waals surface area (Å²) < 4.78 is 5.39. The molecule has 0 atom stereocenters. The van der Waals surface area contributed by atoms with Crippen LogP contribution in [0.5, 0.6) is 0 Å². The molecule has 1 aliphatic heterocycles. The minimum Gasteiger partial charge on any atom is -0.381 e. The van der Waals surface area contributed by atoms with Crippen molar-refractivity contribution in [2.24, 2.45) is 0 Å². The first-order valence-corrected chi connectivity index (χ1v) is 7.11. The van der Waals surface area contributed by atoms with Crippen LogP contribution in [0.15, 0.2) is 0 Å². The molecule has 1 heterocycles. The fourth-order valence-electron chi connectivity index (χ4n) is 2.15. The van der Waals surface area contributed by atoms with E-state index in [4.69, 9.17) is 4.74 Å². The second-order valence-corrected chi connectivity index (χ2v) is 6.52. The highest BCUT2D eigenvalue weighted by Crippen LogP contribution is 2.15. The van der Waals surface area contributed by atoms with Gasteiger partial charge < -0.3 is 19.9 Å². The van der Waals surface area contributed by atoms with Gasteiger partial charge in [-0.15, -0.1) is 0 Å². The van der Waals surface area contributed by atoms with E-state index in [2.05, 4.69) is 10.2 Å². The molecule has 1 fully saturated rings. The summed E-state index contributed by atoms with van der Waals surface area (Å²) >= 11 is 0. The molecular formula is C14H29N3O2. The van der Waals surface area contributed by atoms with Gasteiger partial charge in [-0.3, -0.25) is 0 Å². The fourth-order valence-corrected chi connectivity index (χ4v) is 2.15. The SMILES string of the molecule is CN(C)CCN(C(=O)NC(C)(C)C)C1CCOCC1. The lowest BCUT2D eigenvalue weighted by Crippen LogP contribution is -2.54. The minimum atomic E-state index is -0.196. The van der Waals surface area contributed by atoms with Crippen molar-refractivity contribution in [2.75, 3.05) is 40.4 Å². The molecule has 1 aliphatic rings. The van der Waals surface area contributed by atoms with E-state index in [1.165, 1.54) is 0 Å². The highest BCUT2D eigenvalue weighted by molar-refractivity contribution is 5.75. The molecule has 1 saturated heterocycles. The molecule has 0 aliphatic carbocycles. The van der Waals surface area contributed by atoms with Crippen LogP contribution in [0.4, 0.5) is 4.79 Å². The molecule has 0 unspecified atom stereocenters. The van der Waals surface area contributed by atoms with Crippen LogP contribution in [0.1, 0.15) is 33.6 Å². The zero-order valence-corrected chi connectivity index (χ0v) is 13.0. The maximum Gasteiger partial charge on any atom is 0.318 e. The Labute approximate surface area is 117 Å². The Balaban J connectivity index is 2.64. The monoisotopic (exact) mass is 271 g/mol. The van der Waals surface area contributed by atoms with E-state index in [1.54, 1.807) is 0 Å². The van der Waals surface area contributed by atoms with Crippen LogP contribution < -0.4 is 5.32 Å². The third-order valence-corrected chi connectivity index (χ3v) is 3.16. The summed E-state index contributed by atoms with van der Waals surface area (Å²) in [5.41, 5.74) is -0.196. The molecule has 2 amide bonds. The Kier molecular flexibility index (Phi) is 6.07. The molecule has 19 heavy (non-hydrogen) atoms. The Morgan fingerprint density at radius 1 is 1.21 bits per heavy atom. The van der Waals surface area contributed by atoms with Crippen LogP contribution >= 0.6 is 0 Å². The number of nitrogens with one attached hydrogen (secondary N) is 1. The first kappa shape index (κ1) is 16.2. The summed E-state index contributed by atoms with van der Waals surface area (Å²) in [6.45, 7) is 9.20. The number of hydrogen-bond acceptors (Lipinski definition) is 3. The quantitative estimate of drug-likeness (QED) is 0.843. The summed E-state index contributed by atoms with van der Waals surface area (Å²) in [5, 5.41) is 3.07. The molecule has 0 saturated carbocycles. The Bertz CT molecular complexity index is 281. The van der Waals surface area contributed by atoms with Crippen LogP contribution in [0.25, 0.3) is 0 Å². The predicted molar refractivity (Wildman–Crippen MR) is 77.4 cm³/mol. The zero-order valence-electron chi connectivity index (χ0n) is 13.0. The van der Waals surface area contributed by atoms with Crippen molar-refractivity contribution in [1.29, 1.82) is 0 Å². The fraction of sp³-hybridized carbons (Fsp3) is 0.929. The van der Waals surface area contributed by atoms with Gasteiger partial charge in [-0.2, -0.15) is 0 Å². The van der Waals surface area contributed by atoms with Crippen molar-refractivity contribution in [2.45, 2.75) is 45.2 Å². The van der Waals surface area contributed by atoms with Gasteiger partial charge in [-0.1, -0.05) is 0 Å². The summed E-state index contributed by atoms with van der Waals surface area (Å²) in [6.07, 6.45) is 1.87. The topological polar surface area (TPSA) is 44.8 Å². The van der Waals surface area contributed by atoms with E-state index in [0.717, 1.165) is 39.1 Å². The Morgan fingerprint density at radius 2 is 1.79 bits per heavy atom. The lowest BCUT2D eigenvalue weighted by Gasteiger charge is -2.37. The van der Waals surface area contributed by atoms with E-state index >= 15 is 0 Å². The van der Waals surface area contributed by atoms with Crippen molar-refractivity contribution in [3.05, 3.63) is 0 Å². The van der Waals surface area contributed by atoms with Crippen molar-refractivity contribution >= 4 is 6.03 Å². The van der Waals surface area contributed by atoms with Gasteiger partial charge in [0, 0.05) is 37.9 Å². The summed E-state index contributed by atoms with van der Waals surface area (Å²) in [6, 6.07) is 0.345. The normalized spacial score (nSPS) is 17.6. The molecular weight excluding hydrogens is 242 g/mol. The van der Waals surface area contributed by atoms with E-state index in [0.29, 0.717) is 6.04 Å². The molecule has 0 aromatic rings. The number of hydrogen-bond donors (Lipinski definition) is 1. The molecule has 1 rings (SSSR count). The average molecular weight is 271 g/mol. The molecule has 1 N–H and O–H groups in total. The first-order valence-electron chi connectivity index (χ1n) is 7.11. The van der Waals surface area contributed by atoms with Crippen molar-refractivity contribution in [3.63, 3.8) is 0 Å². The van der Waals surface area contributed by atoms with Gasteiger partial charge in [0.05, 0.1) is 0 Å². The third kappa shape index (κ3) is 6.25. The second kappa shape index (κ2) is 7.10. The van der Waals surface area contributed by atoms with E-state index in [1.807, 2.05) is 39.8 Å². The molecule has 5 heteroatoms. The molecule has 0 radical (unpaired) electrons. The summed E-state index contributed by atoms with van der Waals surface area (Å²) in [5.74, 6) is 0. The van der Waals surface area contributed by atoms with E-state index < -0.39 is 0 Å². The van der Waals surface area contributed by atoms with E-state index in [9.17, 15) is 4.79 Å². The second-order valence-electron chi connectivity index (χ2n) is 6.52. The number of urea groups is 1. The molecule has 0 aromatic carbocycles. The van der Waals surface area contributed by atoms with Crippen molar-refractivity contribution in [1.82, 2.24) is 15.1 Å². The molecule has 112 valence electrons. The number of ether oxygens (including phenoxy) is 1. The maximum atomic E-state index is 12.4. The standard InChI is InChI=1S/C14H29N3O2/c1-14(2,3)15-13(18)17(9-8-16(4)5)12-6-10-19-11-7-12/h12H,6-11H2,1-5H3,(H,15,18). The van der Waals surface area contributed by atoms with Gasteiger partial charge in [-0.05, 0) is 47.7 Å².